The zero-order valence-corrected chi connectivity index (χ0v) is 11.3. The van der Waals surface area contributed by atoms with Crippen molar-refractivity contribution < 1.29 is 9.47 Å². The van der Waals surface area contributed by atoms with Gasteiger partial charge in [0.05, 0.1) is 11.4 Å². The molecule has 0 spiro atoms. The molecule has 0 saturated heterocycles. The van der Waals surface area contributed by atoms with Crippen LogP contribution in [-0.2, 0) is 0 Å². The van der Waals surface area contributed by atoms with Crippen molar-refractivity contribution in [1.29, 1.82) is 0 Å². The summed E-state index contributed by atoms with van der Waals surface area (Å²) in [6.45, 7) is 3.38. The first-order chi connectivity index (χ1) is 9.93. The Bertz CT molecular complexity index is 470. The van der Waals surface area contributed by atoms with Crippen LogP contribution in [0.5, 0.6) is 11.5 Å². The van der Waals surface area contributed by atoms with E-state index in [-0.39, 0.29) is 0 Å². The minimum atomic E-state index is 0.775. The van der Waals surface area contributed by atoms with Crippen molar-refractivity contribution in [3.63, 3.8) is 0 Å². The largest absolute Gasteiger partial charge is 0.490 e. The number of rotatable bonds is 0. The molecule has 0 radical (unpaired) electrons. The molecule has 2 aromatic carbocycles. The van der Waals surface area contributed by atoms with Crippen molar-refractivity contribution in [3.05, 3.63) is 48.5 Å². The lowest BCUT2D eigenvalue weighted by Gasteiger charge is -2.17. The van der Waals surface area contributed by atoms with Crippen LogP contribution in [0.3, 0.4) is 0 Å². The molecule has 4 heteroatoms. The van der Waals surface area contributed by atoms with Gasteiger partial charge >= 0.3 is 0 Å². The summed E-state index contributed by atoms with van der Waals surface area (Å²) >= 11 is 0. The monoisotopic (exact) mass is 270 g/mol. The predicted octanol–water partition coefficient (Wildman–Crippen LogP) is 2.98. The van der Waals surface area contributed by atoms with Crippen LogP contribution in [0, 0.1) is 0 Å². The third-order valence-corrected chi connectivity index (χ3v) is 3.12. The van der Waals surface area contributed by atoms with E-state index in [0.717, 1.165) is 49.2 Å². The molecule has 0 aliphatic carbocycles. The Morgan fingerprint density at radius 1 is 0.650 bits per heavy atom. The average molecular weight is 270 g/mol. The summed E-state index contributed by atoms with van der Waals surface area (Å²) in [5.41, 5.74) is 2.21. The molecule has 2 aromatic rings. The Hall–Kier alpha value is -2.36. The second kappa shape index (κ2) is 6.19. The van der Waals surface area contributed by atoms with Crippen molar-refractivity contribution >= 4 is 11.4 Å². The summed E-state index contributed by atoms with van der Waals surface area (Å²) in [5, 5.41) is 6.48. The number of ether oxygens (including phenoxy) is 2. The molecule has 0 fully saturated rings. The molecule has 104 valence electrons. The van der Waals surface area contributed by atoms with Gasteiger partial charge in [-0.3, -0.25) is 0 Å². The summed E-state index contributed by atoms with van der Waals surface area (Å²) in [7, 11) is 0. The van der Waals surface area contributed by atoms with Gasteiger partial charge in [-0.2, -0.15) is 0 Å². The number of hydrogen-bond acceptors (Lipinski definition) is 4. The second-order valence-corrected chi connectivity index (χ2v) is 4.54. The average Bonchev–Trinajstić information content (AvgIpc) is 2.56. The first kappa shape index (κ1) is 12.7. The number of benzene rings is 2. The van der Waals surface area contributed by atoms with E-state index in [1.807, 2.05) is 48.5 Å². The Balaban J connectivity index is 0.000000121. The van der Waals surface area contributed by atoms with Crippen LogP contribution in [0.2, 0.25) is 0 Å². The standard InChI is InChI=1S/2C8H9NO/c2*1-2-4-8-7(3-1)9-5-6-10-8/h2*1-4,9H,5-6H2. The van der Waals surface area contributed by atoms with Gasteiger partial charge in [0, 0.05) is 13.1 Å². The van der Waals surface area contributed by atoms with E-state index >= 15 is 0 Å². The van der Waals surface area contributed by atoms with E-state index < -0.39 is 0 Å². The van der Waals surface area contributed by atoms with Crippen molar-refractivity contribution in [2.24, 2.45) is 0 Å². The van der Waals surface area contributed by atoms with Crippen molar-refractivity contribution in [3.8, 4) is 11.5 Å². The fourth-order valence-electron chi connectivity index (χ4n) is 2.17. The smallest absolute Gasteiger partial charge is 0.142 e. The van der Waals surface area contributed by atoms with Crippen LogP contribution < -0.4 is 20.1 Å². The predicted molar refractivity (Wildman–Crippen MR) is 80.9 cm³/mol. The first-order valence-corrected chi connectivity index (χ1v) is 6.85. The Labute approximate surface area is 118 Å². The molecule has 4 rings (SSSR count). The summed E-state index contributed by atoms with van der Waals surface area (Å²) in [4.78, 5) is 0. The summed E-state index contributed by atoms with van der Waals surface area (Å²) in [6.07, 6.45) is 0. The molecular formula is C16H18N2O2. The number of hydrogen-bond donors (Lipinski definition) is 2. The number of nitrogens with one attached hydrogen (secondary N) is 2. The maximum atomic E-state index is 5.36. The Kier molecular flexibility index (Phi) is 3.92. The molecule has 2 aliphatic heterocycles. The van der Waals surface area contributed by atoms with Gasteiger partial charge in [0.15, 0.2) is 0 Å². The molecule has 2 N–H and O–H groups in total. The van der Waals surface area contributed by atoms with Crippen LogP contribution in [0.15, 0.2) is 48.5 Å². The SMILES string of the molecule is c1ccc2c(c1)NCCO2.c1ccc2c(c1)NCCO2. The van der Waals surface area contributed by atoms with Gasteiger partial charge in [-0.1, -0.05) is 24.3 Å². The van der Waals surface area contributed by atoms with Gasteiger partial charge in [0.25, 0.3) is 0 Å². The van der Waals surface area contributed by atoms with Gasteiger partial charge < -0.3 is 20.1 Å². The van der Waals surface area contributed by atoms with E-state index in [1.54, 1.807) is 0 Å². The van der Waals surface area contributed by atoms with Gasteiger partial charge in [-0.15, -0.1) is 0 Å². The molecule has 2 aliphatic rings. The summed E-state index contributed by atoms with van der Waals surface area (Å²) in [6, 6.07) is 15.9. The van der Waals surface area contributed by atoms with E-state index in [2.05, 4.69) is 10.6 Å². The minimum absolute atomic E-state index is 0.775. The van der Waals surface area contributed by atoms with Crippen LogP contribution in [-0.4, -0.2) is 26.3 Å². The van der Waals surface area contributed by atoms with Crippen molar-refractivity contribution in [2.75, 3.05) is 36.9 Å². The van der Waals surface area contributed by atoms with E-state index in [4.69, 9.17) is 9.47 Å². The third-order valence-electron chi connectivity index (χ3n) is 3.12. The van der Waals surface area contributed by atoms with Crippen LogP contribution in [0.4, 0.5) is 11.4 Å². The molecule has 0 atom stereocenters. The van der Waals surface area contributed by atoms with Crippen LogP contribution in [0.1, 0.15) is 0 Å². The lowest BCUT2D eigenvalue weighted by Crippen LogP contribution is -2.17. The molecule has 0 aromatic heterocycles. The quantitative estimate of drug-likeness (QED) is 0.772. The van der Waals surface area contributed by atoms with Crippen LogP contribution in [0.25, 0.3) is 0 Å². The fraction of sp³-hybridized carbons (Fsp3) is 0.250. The highest BCUT2D eigenvalue weighted by Crippen LogP contribution is 2.26. The molecule has 0 saturated carbocycles. The Morgan fingerprint density at radius 3 is 1.55 bits per heavy atom. The van der Waals surface area contributed by atoms with Gasteiger partial charge in [0.1, 0.15) is 24.7 Å². The molecule has 20 heavy (non-hydrogen) atoms. The highest BCUT2D eigenvalue weighted by atomic mass is 16.5. The van der Waals surface area contributed by atoms with Gasteiger partial charge in [0.2, 0.25) is 0 Å². The third kappa shape index (κ3) is 2.96. The number of para-hydroxylation sites is 4. The van der Waals surface area contributed by atoms with Gasteiger partial charge in [-0.25, -0.2) is 0 Å². The molecule has 0 unspecified atom stereocenters. The highest BCUT2D eigenvalue weighted by molar-refractivity contribution is 5.57. The molecule has 4 nitrogen and oxygen atoms in total. The van der Waals surface area contributed by atoms with E-state index in [1.165, 1.54) is 0 Å². The fourth-order valence-corrected chi connectivity index (χ4v) is 2.17. The molecule has 0 amide bonds. The molecule has 2 heterocycles. The van der Waals surface area contributed by atoms with Crippen molar-refractivity contribution in [1.82, 2.24) is 0 Å². The van der Waals surface area contributed by atoms with Crippen LogP contribution >= 0.6 is 0 Å². The number of anilines is 2. The minimum Gasteiger partial charge on any atom is -0.490 e. The molecule has 0 bridgehead atoms. The lowest BCUT2D eigenvalue weighted by atomic mass is 10.3. The maximum absolute atomic E-state index is 5.36. The highest BCUT2D eigenvalue weighted by Gasteiger charge is 2.06. The number of fused-ring (bicyclic) bond motifs is 2. The van der Waals surface area contributed by atoms with Gasteiger partial charge in [-0.05, 0) is 24.3 Å². The molecular weight excluding hydrogens is 252 g/mol. The zero-order valence-electron chi connectivity index (χ0n) is 11.3. The summed E-state index contributed by atoms with van der Waals surface area (Å²) < 4.78 is 10.7. The topological polar surface area (TPSA) is 42.5 Å². The Morgan fingerprint density at radius 2 is 1.10 bits per heavy atom. The van der Waals surface area contributed by atoms with Crippen molar-refractivity contribution in [2.45, 2.75) is 0 Å². The van der Waals surface area contributed by atoms with E-state index in [9.17, 15) is 0 Å². The van der Waals surface area contributed by atoms with E-state index in [0.29, 0.717) is 0 Å². The first-order valence-electron chi connectivity index (χ1n) is 6.85. The summed E-state index contributed by atoms with van der Waals surface area (Å²) in [5.74, 6) is 1.93. The lowest BCUT2D eigenvalue weighted by molar-refractivity contribution is 0.323. The normalized spacial score (nSPS) is 14.8. The second-order valence-electron chi connectivity index (χ2n) is 4.54. The maximum Gasteiger partial charge on any atom is 0.142 e. The zero-order chi connectivity index (χ0) is 13.6.